The lowest BCUT2D eigenvalue weighted by Crippen LogP contribution is -2.29. The molecule has 3 rings (SSSR count). The maximum Gasteiger partial charge on any atom is 0.254 e. The van der Waals surface area contributed by atoms with Crippen molar-refractivity contribution in [2.24, 2.45) is 0 Å². The third-order valence-corrected chi connectivity index (χ3v) is 5.21. The number of nitrogens with zero attached hydrogens (tertiary/aromatic N) is 2. The first-order valence-electron chi connectivity index (χ1n) is 9.08. The summed E-state index contributed by atoms with van der Waals surface area (Å²) in [5, 5.41) is 3.23. The van der Waals surface area contributed by atoms with Gasteiger partial charge in [-0.25, -0.2) is 4.98 Å². The summed E-state index contributed by atoms with van der Waals surface area (Å²) in [7, 11) is 0. The van der Waals surface area contributed by atoms with E-state index in [1.165, 1.54) is 29.3 Å². The smallest absolute Gasteiger partial charge is 0.254 e. The van der Waals surface area contributed by atoms with Crippen molar-refractivity contribution in [1.29, 1.82) is 0 Å². The average molecular weight is 407 g/mol. The summed E-state index contributed by atoms with van der Waals surface area (Å²) in [5.74, 6) is 0.193. The third-order valence-electron chi connectivity index (χ3n) is 4.17. The first-order valence-corrected chi connectivity index (χ1v) is 10.1. The SMILES string of the molecule is CC(=O)c1cccc(NC(=O)Cn2c(SCc3ccccc3)nc(C)cc2=O)c1. The normalized spacial score (nSPS) is 10.6. The molecule has 1 amide bonds. The lowest BCUT2D eigenvalue weighted by Gasteiger charge is -2.13. The van der Waals surface area contributed by atoms with Gasteiger partial charge in [0.25, 0.3) is 5.56 Å². The van der Waals surface area contributed by atoms with Crippen LogP contribution in [0.2, 0.25) is 0 Å². The van der Waals surface area contributed by atoms with Crippen molar-refractivity contribution in [1.82, 2.24) is 9.55 Å². The molecule has 0 fully saturated rings. The Bertz CT molecular complexity index is 1090. The van der Waals surface area contributed by atoms with Gasteiger partial charge in [-0.2, -0.15) is 0 Å². The van der Waals surface area contributed by atoms with E-state index in [0.29, 0.717) is 27.9 Å². The Morgan fingerprint density at radius 2 is 1.83 bits per heavy atom. The second kappa shape index (κ2) is 9.34. The zero-order valence-electron chi connectivity index (χ0n) is 16.2. The predicted octanol–water partition coefficient (Wildman–Crippen LogP) is 3.69. The van der Waals surface area contributed by atoms with Crippen LogP contribution in [0.5, 0.6) is 0 Å². The summed E-state index contributed by atoms with van der Waals surface area (Å²) in [5.41, 5.74) is 2.45. The molecule has 2 aromatic carbocycles. The van der Waals surface area contributed by atoms with Gasteiger partial charge in [-0.05, 0) is 31.5 Å². The van der Waals surface area contributed by atoms with E-state index in [-0.39, 0.29) is 23.8 Å². The van der Waals surface area contributed by atoms with Gasteiger partial charge in [-0.3, -0.25) is 19.0 Å². The van der Waals surface area contributed by atoms with E-state index in [9.17, 15) is 14.4 Å². The fraction of sp³-hybridized carbons (Fsp3) is 0.182. The Morgan fingerprint density at radius 1 is 1.07 bits per heavy atom. The van der Waals surface area contributed by atoms with Crippen LogP contribution in [0.25, 0.3) is 0 Å². The van der Waals surface area contributed by atoms with Crippen LogP contribution in [-0.2, 0) is 17.1 Å². The van der Waals surface area contributed by atoms with E-state index < -0.39 is 0 Å². The molecule has 0 aliphatic rings. The van der Waals surface area contributed by atoms with Crippen molar-refractivity contribution in [3.8, 4) is 0 Å². The van der Waals surface area contributed by atoms with E-state index in [1.807, 2.05) is 30.3 Å². The molecule has 0 spiro atoms. The van der Waals surface area contributed by atoms with Gasteiger partial charge >= 0.3 is 0 Å². The Kier molecular flexibility index (Phi) is 6.61. The molecule has 148 valence electrons. The molecule has 29 heavy (non-hydrogen) atoms. The summed E-state index contributed by atoms with van der Waals surface area (Å²) >= 11 is 1.41. The van der Waals surface area contributed by atoms with Gasteiger partial charge in [0.15, 0.2) is 10.9 Å². The molecule has 1 N–H and O–H groups in total. The van der Waals surface area contributed by atoms with Gasteiger partial charge in [-0.1, -0.05) is 54.2 Å². The Morgan fingerprint density at radius 3 is 2.55 bits per heavy atom. The highest BCUT2D eigenvalue weighted by Crippen LogP contribution is 2.20. The van der Waals surface area contributed by atoms with E-state index in [0.717, 1.165) is 5.56 Å². The second-order valence-electron chi connectivity index (χ2n) is 6.56. The zero-order chi connectivity index (χ0) is 20.8. The number of aromatic nitrogens is 2. The first kappa shape index (κ1) is 20.5. The summed E-state index contributed by atoms with van der Waals surface area (Å²) in [6.07, 6.45) is 0. The van der Waals surface area contributed by atoms with Gasteiger partial charge < -0.3 is 5.32 Å². The summed E-state index contributed by atoms with van der Waals surface area (Å²) < 4.78 is 1.37. The van der Waals surface area contributed by atoms with Crippen LogP contribution in [0.1, 0.15) is 28.5 Å². The van der Waals surface area contributed by atoms with Gasteiger partial charge in [0, 0.05) is 28.8 Å². The second-order valence-corrected chi connectivity index (χ2v) is 7.51. The minimum absolute atomic E-state index is 0.0837. The molecular formula is C22H21N3O3S. The van der Waals surface area contributed by atoms with Crippen LogP contribution in [-0.4, -0.2) is 21.2 Å². The minimum atomic E-state index is -0.361. The van der Waals surface area contributed by atoms with Crippen LogP contribution in [0, 0.1) is 6.92 Å². The molecule has 0 saturated carbocycles. The molecule has 7 heteroatoms. The number of aryl methyl sites for hydroxylation is 1. The summed E-state index contributed by atoms with van der Waals surface area (Å²) in [6, 6.07) is 18.0. The molecular weight excluding hydrogens is 386 g/mol. The van der Waals surface area contributed by atoms with Gasteiger partial charge in [0.2, 0.25) is 5.91 Å². The van der Waals surface area contributed by atoms with E-state index in [2.05, 4.69) is 10.3 Å². The van der Waals surface area contributed by atoms with Crippen molar-refractivity contribution < 1.29 is 9.59 Å². The fourth-order valence-electron chi connectivity index (χ4n) is 2.73. The number of carbonyl (C=O) groups is 2. The first-order chi connectivity index (χ1) is 13.9. The molecule has 1 aromatic heterocycles. The fourth-order valence-corrected chi connectivity index (χ4v) is 3.74. The number of anilines is 1. The maximum atomic E-state index is 12.5. The maximum absolute atomic E-state index is 12.5. The summed E-state index contributed by atoms with van der Waals surface area (Å²) in [6.45, 7) is 3.06. The third kappa shape index (κ3) is 5.65. The van der Waals surface area contributed by atoms with Crippen molar-refractivity contribution in [3.05, 3.63) is 87.8 Å². The van der Waals surface area contributed by atoms with E-state index >= 15 is 0 Å². The van der Waals surface area contributed by atoms with Crippen molar-refractivity contribution in [3.63, 3.8) is 0 Å². The number of ketones is 1. The molecule has 0 bridgehead atoms. The van der Waals surface area contributed by atoms with Crippen LogP contribution in [0.4, 0.5) is 5.69 Å². The Labute approximate surface area is 173 Å². The van der Waals surface area contributed by atoms with Crippen LogP contribution in [0.3, 0.4) is 0 Å². The lowest BCUT2D eigenvalue weighted by atomic mass is 10.1. The van der Waals surface area contributed by atoms with Gasteiger partial charge in [0.05, 0.1) is 0 Å². The predicted molar refractivity (Wildman–Crippen MR) is 114 cm³/mol. The highest BCUT2D eigenvalue weighted by atomic mass is 32.2. The van der Waals surface area contributed by atoms with Crippen molar-refractivity contribution in [2.75, 3.05) is 5.32 Å². The number of carbonyl (C=O) groups excluding carboxylic acids is 2. The molecule has 0 aliphatic carbocycles. The molecule has 0 atom stereocenters. The standard InChI is InChI=1S/C22H21N3O3S/c1-15-11-21(28)25(22(23-15)29-14-17-7-4-3-5-8-17)13-20(27)24-19-10-6-9-18(12-19)16(2)26/h3-12H,13-14H2,1-2H3,(H,24,27). The minimum Gasteiger partial charge on any atom is -0.325 e. The number of rotatable bonds is 7. The molecule has 0 saturated heterocycles. The highest BCUT2D eigenvalue weighted by molar-refractivity contribution is 7.98. The van der Waals surface area contributed by atoms with Crippen molar-refractivity contribution in [2.45, 2.75) is 31.3 Å². The lowest BCUT2D eigenvalue weighted by molar-refractivity contribution is -0.116. The van der Waals surface area contributed by atoms with Crippen LogP contribution < -0.4 is 10.9 Å². The number of thioether (sulfide) groups is 1. The topological polar surface area (TPSA) is 81.1 Å². The highest BCUT2D eigenvalue weighted by Gasteiger charge is 2.13. The summed E-state index contributed by atoms with van der Waals surface area (Å²) in [4.78, 5) is 41.0. The number of hydrogen-bond donors (Lipinski definition) is 1. The zero-order valence-corrected chi connectivity index (χ0v) is 17.0. The monoisotopic (exact) mass is 407 g/mol. The number of hydrogen-bond acceptors (Lipinski definition) is 5. The molecule has 0 aliphatic heterocycles. The van der Waals surface area contributed by atoms with E-state index in [4.69, 9.17) is 0 Å². The number of amides is 1. The quantitative estimate of drug-likeness (QED) is 0.367. The van der Waals surface area contributed by atoms with Gasteiger partial charge in [-0.15, -0.1) is 0 Å². The molecule has 0 unspecified atom stereocenters. The van der Waals surface area contributed by atoms with Crippen LogP contribution >= 0.6 is 11.8 Å². The number of nitrogens with one attached hydrogen (secondary N) is 1. The molecule has 1 heterocycles. The molecule has 3 aromatic rings. The Hall–Kier alpha value is -3.19. The molecule has 0 radical (unpaired) electrons. The number of benzene rings is 2. The molecule has 6 nitrogen and oxygen atoms in total. The van der Waals surface area contributed by atoms with E-state index in [1.54, 1.807) is 31.2 Å². The average Bonchev–Trinajstić information content (AvgIpc) is 2.69. The Balaban J connectivity index is 1.77. The van der Waals surface area contributed by atoms with Crippen molar-refractivity contribution >= 4 is 29.1 Å². The largest absolute Gasteiger partial charge is 0.325 e. The number of Topliss-reactive ketones (excluding diaryl/α,β-unsaturated/α-hetero) is 1. The van der Waals surface area contributed by atoms with Gasteiger partial charge in [0.1, 0.15) is 6.54 Å². The van der Waals surface area contributed by atoms with Crippen LogP contribution in [0.15, 0.2) is 70.6 Å².